The van der Waals surface area contributed by atoms with Crippen LogP contribution in [0.1, 0.15) is 70.6 Å². The number of imidazole rings is 1. The van der Waals surface area contributed by atoms with Gasteiger partial charge in [0.15, 0.2) is 11.5 Å². The van der Waals surface area contributed by atoms with Gasteiger partial charge < -0.3 is 33.7 Å². The summed E-state index contributed by atoms with van der Waals surface area (Å²) >= 11 is 0. The largest absolute Gasteiger partial charge is 0.494 e. The molecule has 0 aliphatic carbocycles. The number of carbonyl (C=O) groups is 1. The molecule has 4 aromatic rings. The predicted octanol–water partition coefficient (Wildman–Crippen LogP) is 9.27. The highest BCUT2D eigenvalue weighted by molar-refractivity contribution is 6.76. The number of pyridine rings is 1. The van der Waals surface area contributed by atoms with Crippen molar-refractivity contribution in [1.82, 2.24) is 34.4 Å². The summed E-state index contributed by atoms with van der Waals surface area (Å²) in [5.41, 5.74) is 4.27. The molecule has 4 aromatic heterocycles. The molecule has 2 fully saturated rings. The molecule has 1 N–H and O–H groups in total. The minimum Gasteiger partial charge on any atom is -0.494 e. The number of piperidine rings is 1. The van der Waals surface area contributed by atoms with Gasteiger partial charge >= 0.3 is 6.09 Å². The molecule has 6 rings (SSSR count). The van der Waals surface area contributed by atoms with E-state index >= 15 is 0 Å². The summed E-state index contributed by atoms with van der Waals surface area (Å²) in [6.07, 6.45) is 10.3. The second-order valence-corrected chi connectivity index (χ2v) is 30.1. The quantitative estimate of drug-likeness (QED) is 0.0476. The monoisotopic (exact) mass is 816 g/mol. The van der Waals surface area contributed by atoms with Gasteiger partial charge in [0, 0.05) is 77.1 Å². The molecule has 2 saturated heterocycles. The van der Waals surface area contributed by atoms with Gasteiger partial charge in [-0.15, -0.1) is 0 Å². The number of aromatic nitrogens is 6. The van der Waals surface area contributed by atoms with E-state index in [9.17, 15) is 4.79 Å². The maximum absolute atomic E-state index is 13.5. The lowest BCUT2D eigenvalue weighted by Crippen LogP contribution is -2.48. The number of hydrogen-bond acceptors (Lipinski definition) is 10. The summed E-state index contributed by atoms with van der Waals surface area (Å²) in [6.45, 7) is 28.7. The van der Waals surface area contributed by atoms with E-state index < -0.39 is 21.7 Å². The Morgan fingerprint density at radius 3 is 2.14 bits per heavy atom. The van der Waals surface area contributed by atoms with E-state index in [0.717, 1.165) is 71.7 Å². The maximum Gasteiger partial charge on any atom is 0.410 e. The molecule has 2 unspecified atom stereocenters. The molecule has 0 radical (unpaired) electrons. The van der Waals surface area contributed by atoms with Gasteiger partial charge in [0.25, 0.3) is 0 Å². The van der Waals surface area contributed by atoms with Gasteiger partial charge in [-0.05, 0) is 71.5 Å². The van der Waals surface area contributed by atoms with Crippen LogP contribution in [0.3, 0.4) is 0 Å². The molecule has 15 heteroatoms. The average molecular weight is 817 g/mol. The van der Waals surface area contributed by atoms with Crippen molar-refractivity contribution in [3.8, 4) is 22.6 Å². The van der Waals surface area contributed by atoms with Gasteiger partial charge in [0.05, 0.1) is 24.1 Å². The number of nitrogens with zero attached hydrogens (tertiary/aromatic N) is 7. The standard InChI is InChI=1S/C42H64N8O5Si2/c1-12-54-29(2)36-37(31-23-32-14-15-33(24-31)49(32)41(51)55-42(3,4)5)47-39-34(30-13-16-35(45-25-30)38-43-17-18-44-38)26-46-50(39)40(36)48(27-52-19-21-56(6,7)8)28-53-20-22-57(9,10)11/h13,16-18,25-26,31-33H,2,12,14-15,19-24,27-28H2,1,3-11H3,(H,43,44). The topological polar surface area (TPSA) is 132 Å². The molecule has 1 amide bonds. The van der Waals surface area contributed by atoms with Crippen molar-refractivity contribution >= 4 is 39.5 Å². The summed E-state index contributed by atoms with van der Waals surface area (Å²) in [5.74, 6) is 2.01. The second kappa shape index (κ2) is 17.4. The zero-order valence-corrected chi connectivity index (χ0v) is 37.9. The molecule has 6 heterocycles. The molecule has 310 valence electrons. The van der Waals surface area contributed by atoms with Crippen LogP contribution in [0.5, 0.6) is 0 Å². The van der Waals surface area contributed by atoms with Crippen LogP contribution in [0.25, 0.3) is 34.1 Å². The van der Waals surface area contributed by atoms with Crippen LogP contribution < -0.4 is 4.90 Å². The van der Waals surface area contributed by atoms with Crippen molar-refractivity contribution in [2.75, 3.05) is 38.2 Å². The highest BCUT2D eigenvalue weighted by Crippen LogP contribution is 2.47. The Bertz CT molecular complexity index is 1950. The van der Waals surface area contributed by atoms with Crippen molar-refractivity contribution in [3.05, 3.63) is 54.8 Å². The number of H-pyrrole nitrogens is 1. The number of ether oxygens (including phenoxy) is 4. The first kappa shape index (κ1) is 42.5. The third-order valence-corrected chi connectivity index (χ3v) is 14.0. The highest BCUT2D eigenvalue weighted by Gasteiger charge is 2.46. The summed E-state index contributed by atoms with van der Waals surface area (Å²) < 4.78 is 27.1. The molecule has 2 bridgehead atoms. The van der Waals surface area contributed by atoms with E-state index in [1.807, 2.05) is 61.6 Å². The first-order valence-corrected chi connectivity index (χ1v) is 28.0. The molecule has 2 atom stereocenters. The van der Waals surface area contributed by atoms with E-state index in [-0.39, 0.29) is 24.1 Å². The lowest BCUT2D eigenvalue weighted by atomic mass is 9.85. The number of fused-ring (bicyclic) bond motifs is 3. The highest BCUT2D eigenvalue weighted by atomic mass is 28.3. The van der Waals surface area contributed by atoms with E-state index in [1.165, 1.54) is 0 Å². The van der Waals surface area contributed by atoms with Crippen LogP contribution in [0, 0.1) is 0 Å². The van der Waals surface area contributed by atoms with Crippen molar-refractivity contribution in [2.24, 2.45) is 0 Å². The number of carbonyl (C=O) groups excluding carboxylic acids is 1. The first-order valence-electron chi connectivity index (χ1n) is 20.5. The number of hydrogen-bond donors (Lipinski definition) is 1. The fourth-order valence-corrected chi connectivity index (χ4v) is 9.19. The lowest BCUT2D eigenvalue weighted by Gasteiger charge is -2.40. The molecule has 2 aliphatic rings. The second-order valence-electron chi connectivity index (χ2n) is 18.9. The van der Waals surface area contributed by atoms with Gasteiger partial charge in [0.2, 0.25) is 0 Å². The molecular weight excluding hydrogens is 753 g/mol. The molecule has 13 nitrogen and oxygen atoms in total. The van der Waals surface area contributed by atoms with Gasteiger partial charge in [-0.3, -0.25) is 4.98 Å². The van der Waals surface area contributed by atoms with Crippen molar-refractivity contribution < 1.29 is 23.7 Å². The fraction of sp³-hybridized carbons (Fsp3) is 0.595. The molecule has 0 spiro atoms. The van der Waals surface area contributed by atoms with Gasteiger partial charge in [-0.2, -0.15) is 9.61 Å². The summed E-state index contributed by atoms with van der Waals surface area (Å²) in [5, 5.41) is 5.03. The Kier molecular flexibility index (Phi) is 13.0. The molecule has 2 aliphatic heterocycles. The third-order valence-electron chi connectivity index (χ3n) is 10.6. The number of amides is 1. The summed E-state index contributed by atoms with van der Waals surface area (Å²) in [4.78, 5) is 35.4. The molecular formula is C42H64N8O5Si2. The lowest BCUT2D eigenvalue weighted by molar-refractivity contribution is 0.00566. The predicted molar refractivity (Wildman–Crippen MR) is 232 cm³/mol. The fourth-order valence-electron chi connectivity index (χ4n) is 7.68. The van der Waals surface area contributed by atoms with Gasteiger partial charge in [-0.25, -0.2) is 14.8 Å². The SMILES string of the molecule is C=C(OCC)c1c(C2CC3CCC(C2)N3C(=O)OC(C)(C)C)nc2c(-c3ccc(-c4ncc[nH]4)nc3)cnn2c1N(COCC[Si](C)(C)C)COCC[Si](C)(C)C. The first-order chi connectivity index (χ1) is 26.9. The number of aromatic amines is 1. The summed E-state index contributed by atoms with van der Waals surface area (Å²) in [6, 6.07) is 6.14. The Labute approximate surface area is 340 Å². The van der Waals surface area contributed by atoms with Crippen LogP contribution >= 0.6 is 0 Å². The van der Waals surface area contributed by atoms with Crippen LogP contribution in [0.2, 0.25) is 51.4 Å². The Morgan fingerprint density at radius 2 is 1.61 bits per heavy atom. The average Bonchev–Trinajstić information content (AvgIpc) is 3.87. The smallest absolute Gasteiger partial charge is 0.410 e. The Morgan fingerprint density at radius 1 is 0.965 bits per heavy atom. The van der Waals surface area contributed by atoms with E-state index in [0.29, 0.717) is 50.5 Å². The van der Waals surface area contributed by atoms with Crippen LogP contribution in [0.4, 0.5) is 10.6 Å². The zero-order chi connectivity index (χ0) is 41.1. The Balaban J connectivity index is 1.48. The minimum atomic E-state index is -1.35. The number of nitrogens with one attached hydrogen (secondary N) is 1. The van der Waals surface area contributed by atoms with E-state index in [2.05, 4.69) is 60.7 Å². The van der Waals surface area contributed by atoms with E-state index in [4.69, 9.17) is 34.0 Å². The van der Waals surface area contributed by atoms with Gasteiger partial charge in [0.1, 0.15) is 36.3 Å². The number of rotatable bonds is 17. The maximum atomic E-state index is 13.5. The number of anilines is 1. The van der Waals surface area contributed by atoms with Crippen molar-refractivity contribution in [1.29, 1.82) is 0 Å². The minimum absolute atomic E-state index is 0.0156. The third kappa shape index (κ3) is 10.5. The molecule has 57 heavy (non-hydrogen) atoms. The van der Waals surface area contributed by atoms with Crippen LogP contribution in [-0.4, -0.2) is 108 Å². The van der Waals surface area contributed by atoms with Crippen LogP contribution in [-0.2, 0) is 18.9 Å². The van der Waals surface area contributed by atoms with E-state index in [1.54, 1.807) is 12.4 Å². The summed E-state index contributed by atoms with van der Waals surface area (Å²) in [7, 11) is -2.69. The normalized spacial score (nSPS) is 18.6. The molecule has 0 saturated carbocycles. The van der Waals surface area contributed by atoms with Crippen LogP contribution in [0.15, 0.2) is 43.5 Å². The Hall–Kier alpha value is -4.06. The molecule has 0 aromatic carbocycles. The van der Waals surface area contributed by atoms with Crippen molar-refractivity contribution in [2.45, 2.75) is 128 Å². The zero-order valence-electron chi connectivity index (χ0n) is 35.9. The van der Waals surface area contributed by atoms with Crippen molar-refractivity contribution in [3.63, 3.8) is 0 Å². The van der Waals surface area contributed by atoms with Gasteiger partial charge in [-0.1, -0.05) is 51.9 Å².